The SMILES string of the molecule is [CH2]C1CN(c2cc(C#N)cc(Nc3nc(NC4CC4)c4ncc(C#N)n4n3)c2Cl)CCN1C. The molecule has 33 heavy (non-hydrogen) atoms. The van der Waals surface area contributed by atoms with Crippen LogP contribution in [0, 0.1) is 29.6 Å². The summed E-state index contributed by atoms with van der Waals surface area (Å²) in [6.07, 6.45) is 3.58. The van der Waals surface area contributed by atoms with Crippen LogP contribution in [0.2, 0.25) is 5.02 Å². The van der Waals surface area contributed by atoms with Crippen molar-refractivity contribution >= 4 is 40.4 Å². The van der Waals surface area contributed by atoms with Crippen LogP contribution in [-0.4, -0.2) is 63.2 Å². The molecule has 0 spiro atoms. The van der Waals surface area contributed by atoms with Gasteiger partial charge in [0.15, 0.2) is 17.2 Å². The Bertz CT molecular complexity index is 1300. The molecule has 1 atom stereocenters. The Morgan fingerprint density at radius 3 is 2.73 bits per heavy atom. The normalized spacial score (nSPS) is 18.7. The lowest BCUT2D eigenvalue weighted by atomic mass is 10.1. The molecule has 1 aliphatic heterocycles. The predicted octanol–water partition coefficient (Wildman–Crippen LogP) is 2.79. The van der Waals surface area contributed by atoms with Crippen LogP contribution >= 0.6 is 11.6 Å². The van der Waals surface area contributed by atoms with Crippen LogP contribution in [-0.2, 0) is 0 Å². The molecule has 3 aromatic rings. The molecule has 0 bridgehead atoms. The molecule has 1 radical (unpaired) electrons. The third-order valence-electron chi connectivity index (χ3n) is 5.94. The molecular formula is C22H22ClN10. The summed E-state index contributed by atoms with van der Waals surface area (Å²) in [5.41, 5.74) is 2.53. The van der Waals surface area contributed by atoms with E-state index < -0.39 is 0 Å². The maximum Gasteiger partial charge on any atom is 0.247 e. The fourth-order valence-electron chi connectivity index (χ4n) is 3.81. The van der Waals surface area contributed by atoms with Gasteiger partial charge in [-0.1, -0.05) is 11.6 Å². The number of rotatable bonds is 5. The van der Waals surface area contributed by atoms with Crippen LogP contribution in [0.1, 0.15) is 24.1 Å². The second-order valence-electron chi connectivity index (χ2n) is 8.37. The van der Waals surface area contributed by atoms with Crippen molar-refractivity contribution in [1.29, 1.82) is 10.5 Å². The van der Waals surface area contributed by atoms with E-state index >= 15 is 0 Å². The van der Waals surface area contributed by atoms with Gasteiger partial charge in [-0.05, 0) is 38.9 Å². The van der Waals surface area contributed by atoms with Gasteiger partial charge >= 0.3 is 0 Å². The number of nitriles is 2. The summed E-state index contributed by atoms with van der Waals surface area (Å²) >= 11 is 6.80. The van der Waals surface area contributed by atoms with E-state index in [1.54, 1.807) is 12.1 Å². The number of hydrogen-bond acceptors (Lipinski definition) is 9. The zero-order valence-corrected chi connectivity index (χ0v) is 18.8. The first-order valence-electron chi connectivity index (χ1n) is 10.7. The van der Waals surface area contributed by atoms with Gasteiger partial charge in [0, 0.05) is 31.7 Å². The molecule has 3 heterocycles. The van der Waals surface area contributed by atoms with E-state index in [2.05, 4.69) is 54.6 Å². The highest BCUT2D eigenvalue weighted by Gasteiger charge is 2.26. The molecule has 2 fully saturated rings. The number of piperazine rings is 1. The summed E-state index contributed by atoms with van der Waals surface area (Å²) < 4.78 is 1.46. The Hall–Kier alpha value is -3.60. The van der Waals surface area contributed by atoms with Gasteiger partial charge in [0.05, 0.1) is 34.2 Å². The quantitative estimate of drug-likeness (QED) is 0.590. The summed E-state index contributed by atoms with van der Waals surface area (Å²) in [5.74, 6) is 0.791. The van der Waals surface area contributed by atoms with E-state index in [-0.39, 0.29) is 12.0 Å². The van der Waals surface area contributed by atoms with Gasteiger partial charge in [0.25, 0.3) is 0 Å². The van der Waals surface area contributed by atoms with E-state index in [0.29, 0.717) is 46.0 Å². The fraction of sp³-hybridized carbons (Fsp3) is 0.364. The molecule has 10 nitrogen and oxygen atoms in total. The largest absolute Gasteiger partial charge is 0.367 e. The smallest absolute Gasteiger partial charge is 0.247 e. The molecule has 1 saturated heterocycles. The van der Waals surface area contributed by atoms with Crippen molar-refractivity contribution in [2.75, 3.05) is 42.2 Å². The van der Waals surface area contributed by atoms with Gasteiger partial charge in [0.1, 0.15) is 6.07 Å². The number of halogens is 1. The van der Waals surface area contributed by atoms with Crippen LogP contribution in [0.4, 0.5) is 23.1 Å². The molecule has 1 aliphatic carbocycles. The monoisotopic (exact) mass is 461 g/mol. The second kappa shape index (κ2) is 8.39. The van der Waals surface area contributed by atoms with Crippen LogP contribution in [0.15, 0.2) is 18.3 Å². The van der Waals surface area contributed by atoms with Crippen molar-refractivity contribution in [2.45, 2.75) is 24.9 Å². The standard InChI is InChI=1S/C22H22ClN10/c1-13-12-32(6-5-31(13)2)18-8-14(9-24)7-17(19(18)23)28-22-29-20(27-15-3-4-15)21-26-11-16(10-25)33(21)30-22/h7-8,11,13,15H,1,3-6,12H2,2H3,(H2,27,28,29,30). The number of hydrogen-bond donors (Lipinski definition) is 2. The highest BCUT2D eigenvalue weighted by Crippen LogP contribution is 2.37. The van der Waals surface area contributed by atoms with Crippen LogP contribution < -0.4 is 15.5 Å². The molecule has 167 valence electrons. The Morgan fingerprint density at radius 1 is 1.21 bits per heavy atom. The first-order valence-corrected chi connectivity index (χ1v) is 11.1. The first-order chi connectivity index (χ1) is 16.0. The van der Waals surface area contributed by atoms with Gasteiger partial charge in [-0.15, -0.1) is 5.10 Å². The van der Waals surface area contributed by atoms with Crippen molar-refractivity contribution in [3.8, 4) is 12.1 Å². The number of imidazole rings is 1. The topological polar surface area (TPSA) is 121 Å². The van der Waals surface area contributed by atoms with E-state index in [1.807, 2.05) is 7.05 Å². The summed E-state index contributed by atoms with van der Waals surface area (Å²) in [7, 11) is 2.04. The Labute approximate surface area is 196 Å². The van der Waals surface area contributed by atoms with Crippen molar-refractivity contribution in [1.82, 2.24) is 24.5 Å². The van der Waals surface area contributed by atoms with E-state index in [9.17, 15) is 10.5 Å². The number of nitrogens with one attached hydrogen (secondary N) is 2. The molecule has 11 heteroatoms. The van der Waals surface area contributed by atoms with Crippen LogP contribution in [0.5, 0.6) is 0 Å². The van der Waals surface area contributed by atoms with E-state index in [0.717, 1.165) is 31.6 Å². The summed E-state index contributed by atoms with van der Waals surface area (Å²) in [5, 5.41) is 30.5. The minimum atomic E-state index is 0.115. The van der Waals surface area contributed by atoms with Crippen LogP contribution in [0.25, 0.3) is 5.65 Å². The lowest BCUT2D eigenvalue weighted by Crippen LogP contribution is -2.50. The average Bonchev–Trinajstić information content (AvgIpc) is 3.53. The third kappa shape index (κ3) is 4.11. The number of aromatic nitrogens is 4. The molecule has 2 aliphatic rings. The van der Waals surface area contributed by atoms with Gasteiger partial charge in [0.2, 0.25) is 5.95 Å². The fourth-order valence-corrected chi connectivity index (χ4v) is 4.08. The summed E-state index contributed by atoms with van der Waals surface area (Å²) in [6, 6.07) is 8.22. The van der Waals surface area contributed by atoms with Crippen molar-refractivity contribution in [2.24, 2.45) is 0 Å². The molecule has 1 aromatic carbocycles. The molecule has 2 aromatic heterocycles. The number of benzene rings is 1. The maximum absolute atomic E-state index is 9.62. The van der Waals surface area contributed by atoms with Crippen molar-refractivity contribution in [3.05, 3.63) is 41.5 Å². The van der Waals surface area contributed by atoms with Gasteiger partial charge in [-0.25, -0.2) is 4.98 Å². The number of likely N-dealkylation sites (N-methyl/N-ethyl adjacent to an activating group) is 1. The molecule has 0 amide bonds. The molecule has 5 rings (SSSR count). The van der Waals surface area contributed by atoms with Crippen LogP contribution in [0.3, 0.4) is 0 Å². The highest BCUT2D eigenvalue weighted by molar-refractivity contribution is 6.36. The van der Waals surface area contributed by atoms with Gasteiger partial charge in [-0.2, -0.15) is 20.0 Å². The highest BCUT2D eigenvalue weighted by atomic mass is 35.5. The van der Waals surface area contributed by atoms with Gasteiger partial charge in [-0.3, -0.25) is 4.90 Å². The summed E-state index contributed by atoms with van der Waals surface area (Å²) in [6.45, 7) is 6.51. The number of anilines is 4. The first kappa shape index (κ1) is 21.3. The zero-order chi connectivity index (χ0) is 23.1. The average molecular weight is 462 g/mol. The molecule has 2 N–H and O–H groups in total. The van der Waals surface area contributed by atoms with Crippen molar-refractivity contribution < 1.29 is 0 Å². The Balaban J connectivity index is 1.54. The maximum atomic E-state index is 9.62. The lowest BCUT2D eigenvalue weighted by molar-refractivity contribution is 0.254. The zero-order valence-electron chi connectivity index (χ0n) is 18.1. The second-order valence-corrected chi connectivity index (χ2v) is 8.75. The van der Waals surface area contributed by atoms with Gasteiger partial charge < -0.3 is 15.5 Å². The predicted molar refractivity (Wildman–Crippen MR) is 126 cm³/mol. The number of nitrogens with zero attached hydrogens (tertiary/aromatic N) is 8. The molecule has 1 saturated carbocycles. The minimum absolute atomic E-state index is 0.115. The minimum Gasteiger partial charge on any atom is -0.367 e. The Kier molecular flexibility index (Phi) is 5.41. The summed E-state index contributed by atoms with van der Waals surface area (Å²) in [4.78, 5) is 13.2. The lowest BCUT2D eigenvalue weighted by Gasteiger charge is -2.39. The van der Waals surface area contributed by atoms with Crippen molar-refractivity contribution in [3.63, 3.8) is 0 Å². The number of fused-ring (bicyclic) bond motifs is 1. The Morgan fingerprint density at radius 2 is 2.03 bits per heavy atom. The van der Waals surface area contributed by atoms with E-state index in [1.165, 1.54) is 10.7 Å². The molecule has 1 unspecified atom stereocenters. The molecular weight excluding hydrogens is 440 g/mol. The third-order valence-corrected chi connectivity index (χ3v) is 6.34. The van der Waals surface area contributed by atoms with E-state index in [4.69, 9.17) is 11.6 Å².